The van der Waals surface area contributed by atoms with Crippen LogP contribution in [0.5, 0.6) is 5.75 Å². The summed E-state index contributed by atoms with van der Waals surface area (Å²) in [5.41, 5.74) is 0.953. The van der Waals surface area contributed by atoms with E-state index in [1.54, 1.807) is 7.11 Å². The van der Waals surface area contributed by atoms with Gasteiger partial charge in [0.05, 0.1) is 32.2 Å². The maximum Gasteiger partial charge on any atom is 0.270 e. The van der Waals surface area contributed by atoms with Gasteiger partial charge in [0.25, 0.3) is 5.91 Å². The quantitative estimate of drug-likeness (QED) is 0.798. The molecule has 2 amide bonds. The van der Waals surface area contributed by atoms with E-state index >= 15 is 0 Å². The molecule has 154 valence electrons. The Morgan fingerprint density at radius 1 is 1.31 bits per heavy atom. The van der Waals surface area contributed by atoms with Crippen molar-refractivity contribution in [3.05, 3.63) is 30.0 Å². The van der Waals surface area contributed by atoms with Crippen molar-refractivity contribution in [2.75, 3.05) is 20.3 Å². The zero-order valence-corrected chi connectivity index (χ0v) is 17.3. The van der Waals surface area contributed by atoms with Crippen LogP contribution in [0.2, 0.25) is 0 Å². The number of ether oxygens (including phenoxy) is 2. The zero-order valence-electron chi connectivity index (χ0n) is 17.3. The fourth-order valence-corrected chi connectivity index (χ4v) is 5.42. The van der Waals surface area contributed by atoms with Crippen LogP contribution in [0.1, 0.15) is 37.2 Å². The Balaban J connectivity index is 1.49. The van der Waals surface area contributed by atoms with Crippen molar-refractivity contribution < 1.29 is 19.1 Å². The van der Waals surface area contributed by atoms with Crippen molar-refractivity contribution >= 4 is 22.7 Å². The second kappa shape index (κ2) is 6.23. The fraction of sp³-hybridized carbons (Fsp3) is 0.545. The van der Waals surface area contributed by atoms with Crippen molar-refractivity contribution in [2.24, 2.45) is 13.0 Å². The Hall–Kier alpha value is -2.54. The molecule has 3 fully saturated rings. The van der Waals surface area contributed by atoms with E-state index < -0.39 is 5.72 Å². The van der Waals surface area contributed by atoms with E-state index in [0.29, 0.717) is 37.6 Å². The highest BCUT2D eigenvalue weighted by molar-refractivity contribution is 6.00. The number of amides is 2. The highest BCUT2D eigenvalue weighted by Crippen LogP contribution is 2.49. The predicted octanol–water partition coefficient (Wildman–Crippen LogP) is 2.38. The van der Waals surface area contributed by atoms with Gasteiger partial charge in [0.1, 0.15) is 11.4 Å². The molecule has 3 aliphatic rings. The maximum absolute atomic E-state index is 13.5. The van der Waals surface area contributed by atoms with Gasteiger partial charge in [-0.05, 0) is 30.2 Å². The van der Waals surface area contributed by atoms with E-state index in [9.17, 15) is 9.59 Å². The number of aryl methyl sites for hydroxylation is 1. The Bertz CT molecular complexity index is 1010. The van der Waals surface area contributed by atoms with Crippen molar-refractivity contribution in [3.63, 3.8) is 0 Å². The molecule has 4 heterocycles. The summed E-state index contributed by atoms with van der Waals surface area (Å²) in [6.07, 6.45) is 1.02. The molecule has 3 aliphatic heterocycles. The molecule has 7 nitrogen and oxygen atoms in total. The lowest BCUT2D eigenvalue weighted by atomic mass is 10.0. The molecule has 7 heteroatoms. The molecule has 3 saturated heterocycles. The van der Waals surface area contributed by atoms with Gasteiger partial charge in [-0.2, -0.15) is 0 Å². The summed E-state index contributed by atoms with van der Waals surface area (Å²) >= 11 is 0. The number of likely N-dealkylation sites (tertiary alicyclic amines) is 1. The molecule has 0 bridgehead atoms. The van der Waals surface area contributed by atoms with Gasteiger partial charge in [-0.1, -0.05) is 13.8 Å². The molecule has 5 rings (SSSR count). The second-order valence-corrected chi connectivity index (χ2v) is 8.71. The van der Waals surface area contributed by atoms with Crippen LogP contribution in [0.3, 0.4) is 0 Å². The molecule has 0 N–H and O–H groups in total. The number of carbonyl (C=O) groups is 2. The maximum atomic E-state index is 13.5. The number of aromatic nitrogens is 1. The van der Waals surface area contributed by atoms with Gasteiger partial charge in [0.15, 0.2) is 5.72 Å². The van der Waals surface area contributed by atoms with E-state index in [-0.39, 0.29) is 23.9 Å². The lowest BCUT2D eigenvalue weighted by Gasteiger charge is -2.34. The third-order valence-electron chi connectivity index (χ3n) is 6.99. The van der Waals surface area contributed by atoms with Gasteiger partial charge in [-0.25, -0.2) is 0 Å². The first-order valence-electron chi connectivity index (χ1n) is 10.3. The molecule has 1 aromatic carbocycles. The molecule has 0 unspecified atom stereocenters. The highest BCUT2D eigenvalue weighted by Gasteiger charge is 2.65. The van der Waals surface area contributed by atoms with Gasteiger partial charge in [-0.15, -0.1) is 0 Å². The fourth-order valence-electron chi connectivity index (χ4n) is 5.42. The number of benzene rings is 1. The first-order chi connectivity index (χ1) is 13.9. The smallest absolute Gasteiger partial charge is 0.270 e. The Kier molecular flexibility index (Phi) is 3.97. The third kappa shape index (κ3) is 2.40. The van der Waals surface area contributed by atoms with Crippen molar-refractivity contribution in [1.29, 1.82) is 0 Å². The average Bonchev–Trinajstić information content (AvgIpc) is 3.41. The molecule has 0 saturated carbocycles. The summed E-state index contributed by atoms with van der Waals surface area (Å²) in [5.74, 6) is 1.15. The molecule has 3 atom stereocenters. The van der Waals surface area contributed by atoms with Crippen LogP contribution in [-0.4, -0.2) is 64.3 Å². The van der Waals surface area contributed by atoms with E-state index in [2.05, 4.69) is 13.8 Å². The highest BCUT2D eigenvalue weighted by atomic mass is 16.5. The van der Waals surface area contributed by atoms with E-state index in [1.165, 1.54) is 0 Å². The standard InChI is InChI=1S/C22H27N3O4/c1-13(2)18-12-29-22-7-8-24(19(22)11-20(26)25(18)22)21(27)17-10-14-9-15(28-4)5-6-16(14)23(17)3/h5-6,9-10,13,18-19H,7-8,11-12H2,1-4H3/t18-,19+,22-/m0/s1. The number of methoxy groups -OCH3 is 1. The van der Waals surface area contributed by atoms with E-state index in [4.69, 9.17) is 9.47 Å². The molecule has 0 aliphatic carbocycles. The van der Waals surface area contributed by atoms with Crippen LogP contribution in [-0.2, 0) is 16.6 Å². The second-order valence-electron chi connectivity index (χ2n) is 8.71. The number of fused-ring (bicyclic) bond motifs is 1. The minimum absolute atomic E-state index is 0.0456. The number of hydrogen-bond acceptors (Lipinski definition) is 4. The van der Waals surface area contributed by atoms with Crippen LogP contribution in [0.15, 0.2) is 24.3 Å². The van der Waals surface area contributed by atoms with Crippen LogP contribution in [0.25, 0.3) is 10.9 Å². The molecule has 2 aromatic rings. The van der Waals surface area contributed by atoms with Crippen molar-refractivity contribution in [1.82, 2.24) is 14.4 Å². The number of rotatable bonds is 3. The van der Waals surface area contributed by atoms with Crippen LogP contribution < -0.4 is 4.74 Å². The predicted molar refractivity (Wildman–Crippen MR) is 108 cm³/mol. The van der Waals surface area contributed by atoms with Gasteiger partial charge < -0.3 is 23.8 Å². The lowest BCUT2D eigenvalue weighted by Crippen LogP contribution is -2.51. The van der Waals surface area contributed by atoms with Gasteiger partial charge in [-0.3, -0.25) is 9.59 Å². The van der Waals surface area contributed by atoms with Gasteiger partial charge in [0.2, 0.25) is 5.91 Å². The van der Waals surface area contributed by atoms with Crippen molar-refractivity contribution in [3.8, 4) is 5.75 Å². The van der Waals surface area contributed by atoms with Crippen LogP contribution in [0.4, 0.5) is 0 Å². The molecule has 1 spiro atoms. The Morgan fingerprint density at radius 3 is 2.83 bits per heavy atom. The first kappa shape index (κ1) is 18.5. The number of nitrogens with zero attached hydrogens (tertiary/aromatic N) is 3. The van der Waals surface area contributed by atoms with Crippen LogP contribution >= 0.6 is 0 Å². The summed E-state index contributed by atoms with van der Waals surface area (Å²) in [6, 6.07) is 7.57. The lowest BCUT2D eigenvalue weighted by molar-refractivity contribution is -0.139. The molecule has 1 aromatic heterocycles. The monoisotopic (exact) mass is 397 g/mol. The Morgan fingerprint density at radius 2 is 2.10 bits per heavy atom. The summed E-state index contributed by atoms with van der Waals surface area (Å²) in [5, 5.41) is 0.963. The zero-order chi connectivity index (χ0) is 20.5. The Labute approximate surface area is 170 Å². The summed E-state index contributed by atoms with van der Waals surface area (Å²) in [6.45, 7) is 5.39. The number of carbonyl (C=O) groups excluding carboxylic acids is 2. The minimum Gasteiger partial charge on any atom is -0.497 e. The van der Waals surface area contributed by atoms with Gasteiger partial charge >= 0.3 is 0 Å². The van der Waals surface area contributed by atoms with Crippen molar-refractivity contribution in [2.45, 2.75) is 44.5 Å². The third-order valence-corrected chi connectivity index (χ3v) is 6.99. The topological polar surface area (TPSA) is 64.0 Å². The molecular formula is C22H27N3O4. The summed E-state index contributed by atoms with van der Waals surface area (Å²) in [7, 11) is 3.54. The normalized spacial score (nSPS) is 28.5. The number of hydrogen-bond donors (Lipinski definition) is 0. The molecule has 0 radical (unpaired) electrons. The first-order valence-corrected chi connectivity index (χ1v) is 10.3. The van der Waals surface area contributed by atoms with E-state index in [1.807, 2.05) is 45.7 Å². The summed E-state index contributed by atoms with van der Waals surface area (Å²) in [4.78, 5) is 30.2. The van der Waals surface area contributed by atoms with Crippen LogP contribution in [0, 0.1) is 5.92 Å². The van der Waals surface area contributed by atoms with Gasteiger partial charge in [0, 0.05) is 30.9 Å². The largest absolute Gasteiger partial charge is 0.497 e. The molecular weight excluding hydrogens is 370 g/mol. The van der Waals surface area contributed by atoms with E-state index in [0.717, 1.165) is 16.7 Å². The molecule has 29 heavy (non-hydrogen) atoms. The summed E-state index contributed by atoms with van der Waals surface area (Å²) < 4.78 is 13.5. The SMILES string of the molecule is COc1ccc2c(c1)cc(C(=O)N1CC[C@@]34OC[C@@H](C(C)C)N3C(=O)C[C@@H]14)n2C. The minimum atomic E-state index is -0.643. The average molecular weight is 397 g/mol.